The van der Waals surface area contributed by atoms with Gasteiger partial charge in [-0.1, -0.05) is 12.1 Å². The molecule has 0 bridgehead atoms. The molecule has 1 aliphatic heterocycles. The van der Waals surface area contributed by atoms with E-state index in [9.17, 15) is 18.0 Å². The van der Waals surface area contributed by atoms with Crippen LogP contribution < -0.4 is 5.32 Å². The zero-order chi connectivity index (χ0) is 14.8. The lowest BCUT2D eigenvalue weighted by atomic mass is 10.0. The van der Waals surface area contributed by atoms with Crippen molar-refractivity contribution < 1.29 is 18.0 Å². The zero-order valence-corrected chi connectivity index (χ0v) is 12.1. The monoisotopic (exact) mass is 295 g/mol. The van der Waals surface area contributed by atoms with Crippen LogP contribution in [0.25, 0.3) is 0 Å². The second-order valence-electron chi connectivity index (χ2n) is 5.08. The fourth-order valence-corrected chi connectivity index (χ4v) is 3.99. The van der Waals surface area contributed by atoms with E-state index >= 15 is 0 Å². The van der Waals surface area contributed by atoms with Crippen LogP contribution in [0.15, 0.2) is 24.3 Å². The first-order chi connectivity index (χ1) is 9.37. The molecule has 1 amide bonds. The third-order valence-corrected chi connectivity index (χ3v) is 5.19. The van der Waals surface area contributed by atoms with E-state index in [4.69, 9.17) is 0 Å². The summed E-state index contributed by atoms with van der Waals surface area (Å²) in [7, 11) is -3.11. The Morgan fingerprint density at radius 3 is 2.70 bits per heavy atom. The van der Waals surface area contributed by atoms with Crippen molar-refractivity contribution in [3.8, 4) is 0 Å². The molecule has 1 unspecified atom stereocenters. The van der Waals surface area contributed by atoms with Gasteiger partial charge in [-0.2, -0.15) is 0 Å². The van der Waals surface area contributed by atoms with Gasteiger partial charge in [0.1, 0.15) is 0 Å². The number of ketones is 1. The average Bonchev–Trinajstić information content (AvgIpc) is 2.37. The van der Waals surface area contributed by atoms with Gasteiger partial charge in [-0.25, -0.2) is 8.42 Å². The number of carbonyl (C=O) groups is 2. The largest absolute Gasteiger partial charge is 0.326 e. The first-order valence-corrected chi connectivity index (χ1v) is 8.32. The predicted molar refractivity (Wildman–Crippen MR) is 76.5 cm³/mol. The molecule has 1 atom stereocenters. The second-order valence-corrected chi connectivity index (χ2v) is 7.31. The molecule has 1 heterocycles. The lowest BCUT2D eigenvalue weighted by Crippen LogP contribution is -2.34. The van der Waals surface area contributed by atoms with Crippen LogP contribution in [0.3, 0.4) is 0 Å². The molecule has 0 aliphatic carbocycles. The van der Waals surface area contributed by atoms with Crippen molar-refractivity contribution in [1.29, 1.82) is 0 Å². The van der Waals surface area contributed by atoms with E-state index in [2.05, 4.69) is 5.32 Å². The van der Waals surface area contributed by atoms with Crippen molar-refractivity contribution in [3.05, 3.63) is 29.8 Å². The quantitative estimate of drug-likeness (QED) is 0.860. The molecule has 20 heavy (non-hydrogen) atoms. The Hall–Kier alpha value is -1.69. The molecule has 5 nitrogen and oxygen atoms in total. The van der Waals surface area contributed by atoms with Crippen molar-refractivity contribution in [2.75, 3.05) is 16.8 Å². The van der Waals surface area contributed by atoms with Gasteiger partial charge in [-0.15, -0.1) is 0 Å². The first kappa shape index (κ1) is 14.7. The molecule has 1 N–H and O–H groups in total. The highest BCUT2D eigenvalue weighted by Gasteiger charge is 2.29. The lowest BCUT2D eigenvalue weighted by Gasteiger charge is -2.21. The Balaban J connectivity index is 2.08. The molecular weight excluding hydrogens is 278 g/mol. The Morgan fingerprint density at radius 2 is 2.05 bits per heavy atom. The first-order valence-electron chi connectivity index (χ1n) is 6.50. The molecule has 1 aliphatic rings. The minimum Gasteiger partial charge on any atom is -0.326 e. The van der Waals surface area contributed by atoms with Gasteiger partial charge in [0, 0.05) is 11.3 Å². The van der Waals surface area contributed by atoms with Gasteiger partial charge in [0.05, 0.1) is 17.4 Å². The van der Waals surface area contributed by atoms with E-state index < -0.39 is 15.8 Å². The number of amides is 1. The van der Waals surface area contributed by atoms with Crippen molar-refractivity contribution in [2.24, 2.45) is 5.92 Å². The molecule has 0 radical (unpaired) electrons. The van der Waals surface area contributed by atoms with Gasteiger partial charge in [0.2, 0.25) is 5.91 Å². The molecule has 1 aromatic carbocycles. The number of carbonyl (C=O) groups excluding carboxylic acids is 2. The number of rotatable bonds is 3. The smallest absolute Gasteiger partial charge is 0.228 e. The van der Waals surface area contributed by atoms with Crippen LogP contribution in [-0.2, 0) is 14.6 Å². The maximum Gasteiger partial charge on any atom is 0.228 e. The van der Waals surface area contributed by atoms with E-state index in [1.807, 2.05) is 0 Å². The van der Waals surface area contributed by atoms with Crippen LogP contribution in [0.2, 0.25) is 0 Å². The summed E-state index contributed by atoms with van der Waals surface area (Å²) in [6.07, 6.45) is 1.10. The standard InChI is InChI=1S/C14H17NO4S/c1-10(16)11-4-2-6-13(8-11)15-14(17)12-5-3-7-20(18,19)9-12/h2,4,6,8,12H,3,5,7,9H2,1H3,(H,15,17). The molecular formula is C14H17NO4S. The molecule has 1 saturated heterocycles. The van der Waals surface area contributed by atoms with Gasteiger partial charge in [-0.05, 0) is 31.9 Å². The van der Waals surface area contributed by atoms with Crippen LogP contribution in [0, 0.1) is 5.92 Å². The summed E-state index contributed by atoms with van der Waals surface area (Å²) in [5, 5.41) is 2.69. The third kappa shape index (κ3) is 3.66. The molecule has 1 aromatic rings. The SMILES string of the molecule is CC(=O)c1cccc(NC(=O)C2CCCS(=O)(=O)C2)c1. The number of Topliss-reactive ketones (excluding diaryl/α,β-unsaturated/α-hetero) is 1. The number of hydrogen-bond donors (Lipinski definition) is 1. The van der Waals surface area contributed by atoms with Crippen LogP contribution in [-0.4, -0.2) is 31.6 Å². The summed E-state index contributed by atoms with van der Waals surface area (Å²) < 4.78 is 23.1. The predicted octanol–water partition coefficient (Wildman–Crippen LogP) is 1.65. The average molecular weight is 295 g/mol. The number of hydrogen-bond acceptors (Lipinski definition) is 4. The lowest BCUT2D eigenvalue weighted by molar-refractivity contribution is -0.119. The minimum absolute atomic E-state index is 0.0821. The van der Waals surface area contributed by atoms with Gasteiger partial charge in [-0.3, -0.25) is 9.59 Å². The zero-order valence-electron chi connectivity index (χ0n) is 11.3. The Labute approximate surface area is 118 Å². The van der Waals surface area contributed by atoms with Gasteiger partial charge < -0.3 is 5.32 Å². The van der Waals surface area contributed by atoms with Crippen LogP contribution in [0.4, 0.5) is 5.69 Å². The Bertz CT molecular complexity index is 636. The summed E-state index contributed by atoms with van der Waals surface area (Å²) in [4.78, 5) is 23.4. The van der Waals surface area contributed by atoms with Gasteiger partial charge in [0.25, 0.3) is 0 Å². The maximum absolute atomic E-state index is 12.1. The molecule has 108 valence electrons. The third-order valence-electron chi connectivity index (χ3n) is 3.37. The molecule has 0 saturated carbocycles. The van der Waals surface area contributed by atoms with E-state index in [0.717, 1.165) is 0 Å². The minimum atomic E-state index is -3.11. The number of sulfone groups is 1. The van der Waals surface area contributed by atoms with Crippen molar-refractivity contribution in [3.63, 3.8) is 0 Å². The summed E-state index contributed by atoms with van der Waals surface area (Å²) in [6.45, 7) is 1.45. The summed E-state index contributed by atoms with van der Waals surface area (Å²) in [5.74, 6) is -0.813. The maximum atomic E-state index is 12.1. The van der Waals surface area contributed by atoms with Crippen LogP contribution in [0.1, 0.15) is 30.1 Å². The highest BCUT2D eigenvalue weighted by molar-refractivity contribution is 7.91. The second kappa shape index (κ2) is 5.75. The van der Waals surface area contributed by atoms with Gasteiger partial charge in [0.15, 0.2) is 15.6 Å². The van der Waals surface area contributed by atoms with Crippen molar-refractivity contribution >= 4 is 27.2 Å². The van der Waals surface area contributed by atoms with Crippen molar-refractivity contribution in [2.45, 2.75) is 19.8 Å². The van der Waals surface area contributed by atoms with Gasteiger partial charge >= 0.3 is 0 Å². The number of benzene rings is 1. The Morgan fingerprint density at radius 1 is 1.30 bits per heavy atom. The number of anilines is 1. The van der Waals surface area contributed by atoms with Crippen LogP contribution >= 0.6 is 0 Å². The van der Waals surface area contributed by atoms with E-state index in [0.29, 0.717) is 24.1 Å². The normalized spacial score (nSPS) is 21.1. The molecule has 2 rings (SSSR count). The summed E-state index contributed by atoms with van der Waals surface area (Å²) in [5.41, 5.74) is 1.03. The molecule has 1 fully saturated rings. The Kier molecular flexibility index (Phi) is 4.23. The molecule has 6 heteroatoms. The highest BCUT2D eigenvalue weighted by atomic mass is 32.2. The summed E-state index contributed by atoms with van der Waals surface area (Å²) >= 11 is 0. The fraction of sp³-hybridized carbons (Fsp3) is 0.429. The fourth-order valence-electron chi connectivity index (χ4n) is 2.29. The van der Waals surface area contributed by atoms with Crippen LogP contribution in [0.5, 0.6) is 0 Å². The molecule has 0 spiro atoms. The van der Waals surface area contributed by atoms with Crippen molar-refractivity contribution in [1.82, 2.24) is 0 Å². The van der Waals surface area contributed by atoms with E-state index in [1.54, 1.807) is 24.3 Å². The highest BCUT2D eigenvalue weighted by Crippen LogP contribution is 2.20. The number of nitrogens with one attached hydrogen (secondary N) is 1. The molecule has 0 aromatic heterocycles. The summed E-state index contributed by atoms with van der Waals surface area (Å²) in [6, 6.07) is 6.63. The van der Waals surface area contributed by atoms with E-state index in [-0.39, 0.29) is 23.2 Å². The van der Waals surface area contributed by atoms with E-state index in [1.165, 1.54) is 6.92 Å². The topological polar surface area (TPSA) is 80.3 Å².